The van der Waals surface area contributed by atoms with Gasteiger partial charge in [0.25, 0.3) is 5.91 Å². The number of benzene rings is 1. The molecule has 0 saturated carbocycles. The Morgan fingerprint density at radius 2 is 2.16 bits per heavy atom. The van der Waals surface area contributed by atoms with E-state index in [1.165, 1.54) is 0 Å². The van der Waals surface area contributed by atoms with Crippen LogP contribution < -0.4 is 5.32 Å². The van der Waals surface area contributed by atoms with Crippen molar-refractivity contribution in [1.82, 2.24) is 5.32 Å². The van der Waals surface area contributed by atoms with Gasteiger partial charge < -0.3 is 10.1 Å². The van der Waals surface area contributed by atoms with E-state index >= 15 is 0 Å². The molecule has 2 aromatic rings. The zero-order valence-electron chi connectivity index (χ0n) is 11.1. The molecule has 19 heavy (non-hydrogen) atoms. The van der Waals surface area contributed by atoms with E-state index in [-0.39, 0.29) is 5.91 Å². The summed E-state index contributed by atoms with van der Waals surface area (Å²) in [6, 6.07) is 7.17. The highest BCUT2D eigenvalue weighted by Crippen LogP contribution is 2.21. The van der Waals surface area contributed by atoms with E-state index in [0.29, 0.717) is 17.9 Å². The van der Waals surface area contributed by atoms with Crippen LogP contribution in [0, 0.1) is 5.92 Å². The molecule has 0 aliphatic carbocycles. The zero-order chi connectivity index (χ0) is 13.8. The van der Waals surface area contributed by atoms with Gasteiger partial charge in [-0.15, -0.1) is 11.3 Å². The first-order chi connectivity index (χ1) is 9.10. The number of nitrogens with one attached hydrogen (secondary N) is 1. The van der Waals surface area contributed by atoms with Gasteiger partial charge in [0, 0.05) is 10.3 Å². The summed E-state index contributed by atoms with van der Waals surface area (Å²) in [5, 5.41) is 5.83. The maximum atomic E-state index is 12.1. The van der Waals surface area contributed by atoms with Gasteiger partial charge in [0.2, 0.25) is 0 Å². The molecule has 1 aromatic heterocycles. The topological polar surface area (TPSA) is 46.2 Å². The number of hydrogen-bond acceptors (Lipinski definition) is 3. The highest BCUT2D eigenvalue weighted by Gasteiger charge is 2.14. The third-order valence-corrected chi connectivity index (χ3v) is 3.82. The summed E-state index contributed by atoms with van der Waals surface area (Å²) in [7, 11) is 0. The smallest absolute Gasteiger partial charge is 0.251 e. The first-order valence-electron chi connectivity index (χ1n) is 6.33. The number of carbonyl (C=O) groups is 2. The minimum Gasteiger partial charge on any atom is -0.343 e. The first-order valence-corrected chi connectivity index (χ1v) is 7.21. The van der Waals surface area contributed by atoms with E-state index in [1.54, 1.807) is 17.4 Å². The second kappa shape index (κ2) is 5.97. The van der Waals surface area contributed by atoms with E-state index in [9.17, 15) is 9.59 Å². The normalized spacial score (nSPS) is 12.6. The Hall–Kier alpha value is -1.68. The lowest BCUT2D eigenvalue weighted by atomic mass is 10.0. The third-order valence-electron chi connectivity index (χ3n) is 2.92. The number of rotatable bonds is 5. The molecule has 1 heterocycles. The van der Waals surface area contributed by atoms with Crippen LogP contribution in [-0.2, 0) is 4.79 Å². The van der Waals surface area contributed by atoms with Crippen molar-refractivity contribution in [3.8, 4) is 0 Å². The van der Waals surface area contributed by atoms with Gasteiger partial charge in [-0.2, -0.15) is 0 Å². The lowest BCUT2D eigenvalue weighted by molar-refractivity contribution is -0.109. The SMILES string of the molecule is CC(C)C[C@@H](C=O)NC(=O)c1ccc2sccc2c1. The highest BCUT2D eigenvalue weighted by atomic mass is 32.1. The minimum absolute atomic E-state index is 0.189. The molecular weight excluding hydrogens is 258 g/mol. The fourth-order valence-electron chi connectivity index (χ4n) is 2.02. The van der Waals surface area contributed by atoms with Crippen molar-refractivity contribution in [2.45, 2.75) is 26.3 Å². The van der Waals surface area contributed by atoms with Crippen LogP contribution in [0.3, 0.4) is 0 Å². The van der Waals surface area contributed by atoms with Crippen LogP contribution >= 0.6 is 11.3 Å². The fraction of sp³-hybridized carbons (Fsp3) is 0.333. The Morgan fingerprint density at radius 3 is 2.84 bits per heavy atom. The van der Waals surface area contributed by atoms with Crippen LogP contribution in [0.25, 0.3) is 10.1 Å². The highest BCUT2D eigenvalue weighted by molar-refractivity contribution is 7.17. The fourth-order valence-corrected chi connectivity index (χ4v) is 2.79. The molecule has 0 fully saturated rings. The predicted octanol–water partition coefficient (Wildman–Crippen LogP) is 3.24. The van der Waals surface area contributed by atoms with Crippen molar-refractivity contribution >= 4 is 33.6 Å². The van der Waals surface area contributed by atoms with Crippen LogP contribution in [0.1, 0.15) is 30.6 Å². The lowest BCUT2D eigenvalue weighted by Crippen LogP contribution is -2.36. The van der Waals surface area contributed by atoms with Gasteiger partial charge in [-0.1, -0.05) is 13.8 Å². The van der Waals surface area contributed by atoms with Gasteiger partial charge in [-0.25, -0.2) is 0 Å². The largest absolute Gasteiger partial charge is 0.343 e. The lowest BCUT2D eigenvalue weighted by Gasteiger charge is -2.14. The Bertz CT molecular complexity index is 589. The molecule has 0 radical (unpaired) electrons. The number of thiophene rings is 1. The molecular formula is C15H17NO2S. The summed E-state index contributed by atoms with van der Waals surface area (Å²) >= 11 is 1.65. The average Bonchev–Trinajstić information content (AvgIpc) is 2.84. The monoisotopic (exact) mass is 275 g/mol. The van der Waals surface area contributed by atoms with Gasteiger partial charge in [0.1, 0.15) is 6.29 Å². The van der Waals surface area contributed by atoms with Crippen molar-refractivity contribution in [3.63, 3.8) is 0 Å². The number of hydrogen-bond donors (Lipinski definition) is 1. The molecule has 100 valence electrons. The van der Waals surface area contributed by atoms with Crippen molar-refractivity contribution in [2.75, 3.05) is 0 Å². The summed E-state index contributed by atoms with van der Waals surface area (Å²) in [5.41, 5.74) is 0.599. The van der Waals surface area contributed by atoms with Crippen molar-refractivity contribution in [2.24, 2.45) is 5.92 Å². The summed E-state index contributed by atoms with van der Waals surface area (Å²) in [5.74, 6) is 0.181. The maximum Gasteiger partial charge on any atom is 0.251 e. The molecule has 1 amide bonds. The zero-order valence-corrected chi connectivity index (χ0v) is 11.9. The Labute approximate surface area is 116 Å². The van der Waals surface area contributed by atoms with E-state index in [0.717, 1.165) is 16.4 Å². The first kappa shape index (κ1) is 13.7. The van der Waals surface area contributed by atoms with E-state index in [2.05, 4.69) is 5.32 Å². The van der Waals surface area contributed by atoms with Gasteiger partial charge in [-0.05, 0) is 47.4 Å². The van der Waals surface area contributed by atoms with Crippen molar-refractivity contribution in [1.29, 1.82) is 0 Å². The van der Waals surface area contributed by atoms with Crippen LogP contribution in [0.2, 0.25) is 0 Å². The quantitative estimate of drug-likeness (QED) is 0.851. The molecule has 0 aliphatic heterocycles. The standard InChI is InChI=1S/C15H17NO2S/c1-10(2)7-13(9-17)16-15(18)12-3-4-14-11(8-12)5-6-19-14/h3-6,8-10,13H,7H2,1-2H3,(H,16,18)/t13-/m0/s1. The maximum absolute atomic E-state index is 12.1. The molecule has 0 unspecified atom stereocenters. The Morgan fingerprint density at radius 1 is 1.37 bits per heavy atom. The van der Waals surface area contributed by atoms with Crippen LogP contribution in [0.15, 0.2) is 29.6 Å². The molecule has 0 aliphatic rings. The molecule has 1 N–H and O–H groups in total. The van der Waals surface area contributed by atoms with Gasteiger partial charge in [0.05, 0.1) is 6.04 Å². The molecule has 0 bridgehead atoms. The molecule has 0 spiro atoms. The molecule has 1 aromatic carbocycles. The van der Waals surface area contributed by atoms with Crippen LogP contribution in [-0.4, -0.2) is 18.2 Å². The summed E-state index contributed by atoms with van der Waals surface area (Å²) in [6.45, 7) is 4.06. The van der Waals surface area contributed by atoms with Gasteiger partial charge in [-0.3, -0.25) is 4.79 Å². The molecule has 4 heteroatoms. The second-order valence-electron chi connectivity index (χ2n) is 5.02. The number of fused-ring (bicyclic) bond motifs is 1. The van der Waals surface area contributed by atoms with E-state index in [1.807, 2.05) is 37.4 Å². The van der Waals surface area contributed by atoms with E-state index < -0.39 is 6.04 Å². The third kappa shape index (κ3) is 3.41. The van der Waals surface area contributed by atoms with Crippen molar-refractivity contribution in [3.05, 3.63) is 35.2 Å². The van der Waals surface area contributed by atoms with Crippen LogP contribution in [0.4, 0.5) is 0 Å². The number of carbonyl (C=O) groups excluding carboxylic acids is 2. The van der Waals surface area contributed by atoms with Crippen molar-refractivity contribution < 1.29 is 9.59 Å². The second-order valence-corrected chi connectivity index (χ2v) is 5.97. The average molecular weight is 275 g/mol. The number of aldehydes is 1. The Kier molecular flexibility index (Phi) is 4.32. The summed E-state index contributed by atoms with van der Waals surface area (Å²) < 4.78 is 1.16. The van der Waals surface area contributed by atoms with Gasteiger partial charge in [0.15, 0.2) is 0 Å². The molecule has 3 nitrogen and oxygen atoms in total. The molecule has 2 rings (SSSR count). The predicted molar refractivity (Wildman–Crippen MR) is 78.6 cm³/mol. The summed E-state index contributed by atoms with van der Waals surface area (Å²) in [6.07, 6.45) is 1.47. The molecule has 1 atom stereocenters. The van der Waals surface area contributed by atoms with Crippen LogP contribution in [0.5, 0.6) is 0 Å². The number of amides is 1. The van der Waals surface area contributed by atoms with Gasteiger partial charge >= 0.3 is 0 Å². The summed E-state index contributed by atoms with van der Waals surface area (Å²) in [4.78, 5) is 23.1. The Balaban J connectivity index is 2.11. The molecule has 0 saturated heterocycles. The van der Waals surface area contributed by atoms with E-state index in [4.69, 9.17) is 0 Å². The minimum atomic E-state index is -0.411.